The van der Waals surface area contributed by atoms with E-state index in [-0.39, 0.29) is 11.1 Å². The summed E-state index contributed by atoms with van der Waals surface area (Å²) in [6.45, 7) is 0. The van der Waals surface area contributed by atoms with Gasteiger partial charge in [-0.1, -0.05) is 11.6 Å². The molecule has 0 aliphatic carbocycles. The Morgan fingerprint density at radius 3 is 2.70 bits per heavy atom. The summed E-state index contributed by atoms with van der Waals surface area (Å²) < 4.78 is 11.0. The molecule has 2 aromatic heterocycles. The molecule has 7 heteroatoms. The number of halogens is 1. The van der Waals surface area contributed by atoms with Crippen molar-refractivity contribution < 1.29 is 13.9 Å². The molecule has 0 aliphatic heterocycles. The number of benzene rings is 2. The van der Waals surface area contributed by atoms with E-state index in [0.717, 1.165) is 11.3 Å². The number of fused-ring (bicyclic) bond motifs is 1. The summed E-state index contributed by atoms with van der Waals surface area (Å²) in [5, 5.41) is 2.95. The number of pyridine rings is 1. The maximum atomic E-state index is 12.3. The van der Waals surface area contributed by atoms with E-state index in [4.69, 9.17) is 20.8 Å². The molecule has 0 saturated heterocycles. The number of anilines is 1. The number of carbonyl (C=O) groups excluding carboxylic acids is 1. The average Bonchev–Trinajstić information content (AvgIpc) is 3.12. The lowest BCUT2D eigenvalue weighted by molar-refractivity contribution is 0.102. The first-order valence-corrected chi connectivity index (χ1v) is 8.49. The van der Waals surface area contributed by atoms with E-state index in [1.165, 1.54) is 6.20 Å². The smallest absolute Gasteiger partial charge is 0.258 e. The first-order valence-electron chi connectivity index (χ1n) is 8.11. The number of amides is 1. The fourth-order valence-corrected chi connectivity index (χ4v) is 2.81. The summed E-state index contributed by atoms with van der Waals surface area (Å²) in [6, 6.07) is 15.9. The van der Waals surface area contributed by atoms with Crippen LogP contribution in [0.15, 0.2) is 65.2 Å². The monoisotopic (exact) mass is 379 g/mol. The van der Waals surface area contributed by atoms with Crippen LogP contribution in [0.1, 0.15) is 10.4 Å². The maximum Gasteiger partial charge on any atom is 0.258 e. The van der Waals surface area contributed by atoms with Gasteiger partial charge in [-0.15, -0.1) is 0 Å². The van der Waals surface area contributed by atoms with Crippen LogP contribution in [0.4, 0.5) is 5.69 Å². The molecule has 2 aromatic carbocycles. The van der Waals surface area contributed by atoms with E-state index in [2.05, 4.69) is 15.3 Å². The van der Waals surface area contributed by atoms with Crippen molar-refractivity contribution in [1.29, 1.82) is 0 Å². The number of rotatable bonds is 4. The van der Waals surface area contributed by atoms with Gasteiger partial charge in [0.15, 0.2) is 5.58 Å². The van der Waals surface area contributed by atoms with Crippen molar-refractivity contribution in [3.05, 3.63) is 71.5 Å². The summed E-state index contributed by atoms with van der Waals surface area (Å²) in [4.78, 5) is 20.7. The zero-order valence-corrected chi connectivity index (χ0v) is 15.0. The number of hydrogen-bond donors (Lipinski definition) is 1. The lowest BCUT2D eigenvalue weighted by Gasteiger charge is -2.06. The Labute approximate surface area is 159 Å². The van der Waals surface area contributed by atoms with Gasteiger partial charge in [0.25, 0.3) is 5.91 Å². The van der Waals surface area contributed by atoms with E-state index in [1.54, 1.807) is 31.4 Å². The van der Waals surface area contributed by atoms with Crippen LogP contribution >= 0.6 is 11.6 Å². The van der Waals surface area contributed by atoms with Crippen LogP contribution in [0, 0.1) is 0 Å². The molecule has 0 fully saturated rings. The minimum atomic E-state index is -0.324. The highest BCUT2D eigenvalue weighted by molar-refractivity contribution is 6.33. The Hall–Kier alpha value is -3.38. The topological polar surface area (TPSA) is 77.2 Å². The number of hydrogen-bond acceptors (Lipinski definition) is 5. The fourth-order valence-electron chi connectivity index (χ4n) is 2.61. The standard InChI is InChI=1S/C20H14ClN3O3/c1-26-14-8-9-17-16(11-14)24-20(27-17)12-4-6-13(7-5-12)23-19(25)15-3-2-10-22-18(15)21/h2-11H,1H3,(H,23,25). The lowest BCUT2D eigenvalue weighted by Crippen LogP contribution is -2.12. The van der Waals surface area contributed by atoms with Crippen LogP contribution < -0.4 is 10.1 Å². The van der Waals surface area contributed by atoms with E-state index in [1.807, 2.05) is 30.3 Å². The Kier molecular flexibility index (Phi) is 4.48. The van der Waals surface area contributed by atoms with Gasteiger partial charge in [0.1, 0.15) is 16.4 Å². The van der Waals surface area contributed by atoms with Crippen molar-refractivity contribution in [3.63, 3.8) is 0 Å². The van der Waals surface area contributed by atoms with Gasteiger partial charge in [0, 0.05) is 23.5 Å². The highest BCUT2D eigenvalue weighted by Gasteiger charge is 2.12. The molecule has 4 aromatic rings. The minimum Gasteiger partial charge on any atom is -0.497 e. The maximum absolute atomic E-state index is 12.3. The van der Waals surface area contributed by atoms with Gasteiger partial charge in [-0.05, 0) is 48.5 Å². The third-order valence-corrected chi connectivity index (χ3v) is 4.29. The van der Waals surface area contributed by atoms with Crippen molar-refractivity contribution in [1.82, 2.24) is 9.97 Å². The molecular weight excluding hydrogens is 366 g/mol. The molecule has 27 heavy (non-hydrogen) atoms. The predicted octanol–water partition coefficient (Wildman–Crippen LogP) is 4.80. The van der Waals surface area contributed by atoms with Crippen LogP contribution in [0.2, 0.25) is 5.15 Å². The summed E-state index contributed by atoms with van der Waals surface area (Å²) >= 11 is 5.95. The van der Waals surface area contributed by atoms with Crippen molar-refractivity contribution >= 4 is 34.3 Å². The van der Waals surface area contributed by atoms with Crippen LogP contribution in [0.5, 0.6) is 5.75 Å². The third-order valence-electron chi connectivity index (χ3n) is 3.99. The minimum absolute atomic E-state index is 0.161. The Bertz CT molecular complexity index is 1120. The van der Waals surface area contributed by atoms with Crippen molar-refractivity contribution in [2.45, 2.75) is 0 Å². The number of aromatic nitrogens is 2. The van der Waals surface area contributed by atoms with Crippen LogP contribution in [0.3, 0.4) is 0 Å². The zero-order chi connectivity index (χ0) is 18.8. The predicted molar refractivity (Wildman–Crippen MR) is 103 cm³/mol. The highest BCUT2D eigenvalue weighted by atomic mass is 35.5. The molecule has 1 amide bonds. The Balaban J connectivity index is 1.55. The fraction of sp³-hybridized carbons (Fsp3) is 0.0500. The van der Waals surface area contributed by atoms with Gasteiger partial charge in [-0.2, -0.15) is 0 Å². The summed E-state index contributed by atoms with van der Waals surface area (Å²) in [7, 11) is 1.61. The quantitative estimate of drug-likeness (QED) is 0.515. The Morgan fingerprint density at radius 2 is 1.96 bits per heavy atom. The van der Waals surface area contributed by atoms with Gasteiger partial charge in [0.2, 0.25) is 5.89 Å². The number of carbonyl (C=O) groups is 1. The number of nitrogens with one attached hydrogen (secondary N) is 1. The summed E-state index contributed by atoms with van der Waals surface area (Å²) in [6.07, 6.45) is 1.53. The molecule has 134 valence electrons. The van der Waals surface area contributed by atoms with Crippen LogP contribution in [-0.2, 0) is 0 Å². The summed E-state index contributed by atoms with van der Waals surface area (Å²) in [5.41, 5.74) is 3.13. The first kappa shape index (κ1) is 17.1. The molecule has 0 radical (unpaired) electrons. The second-order valence-corrected chi connectivity index (χ2v) is 6.08. The van der Waals surface area contributed by atoms with Gasteiger partial charge >= 0.3 is 0 Å². The second kappa shape index (κ2) is 7.09. The normalized spacial score (nSPS) is 10.7. The molecule has 6 nitrogen and oxygen atoms in total. The van der Waals surface area contributed by atoms with Gasteiger partial charge < -0.3 is 14.5 Å². The van der Waals surface area contributed by atoms with Gasteiger partial charge in [-0.25, -0.2) is 9.97 Å². The molecule has 1 N–H and O–H groups in total. The molecular formula is C20H14ClN3O3. The molecule has 0 aliphatic rings. The largest absolute Gasteiger partial charge is 0.497 e. The number of ether oxygens (including phenoxy) is 1. The SMILES string of the molecule is COc1ccc2oc(-c3ccc(NC(=O)c4cccnc4Cl)cc3)nc2c1. The van der Waals surface area contributed by atoms with Crippen LogP contribution in [0.25, 0.3) is 22.6 Å². The molecule has 0 saturated carbocycles. The molecule has 0 spiro atoms. The third kappa shape index (κ3) is 3.47. The second-order valence-electron chi connectivity index (χ2n) is 5.73. The molecule has 4 rings (SSSR count). The Morgan fingerprint density at radius 1 is 1.15 bits per heavy atom. The molecule has 2 heterocycles. The molecule has 0 unspecified atom stereocenters. The number of methoxy groups -OCH3 is 1. The average molecular weight is 380 g/mol. The molecule has 0 bridgehead atoms. The molecule has 0 atom stereocenters. The van der Waals surface area contributed by atoms with Crippen molar-refractivity contribution in [2.24, 2.45) is 0 Å². The van der Waals surface area contributed by atoms with E-state index < -0.39 is 0 Å². The lowest BCUT2D eigenvalue weighted by atomic mass is 10.2. The summed E-state index contributed by atoms with van der Waals surface area (Å²) in [5.74, 6) is 0.885. The van der Waals surface area contributed by atoms with E-state index in [0.29, 0.717) is 28.2 Å². The van der Waals surface area contributed by atoms with Crippen molar-refractivity contribution in [2.75, 3.05) is 12.4 Å². The first-order chi connectivity index (χ1) is 13.1. The van der Waals surface area contributed by atoms with Gasteiger partial charge in [0.05, 0.1) is 12.7 Å². The highest BCUT2D eigenvalue weighted by Crippen LogP contribution is 2.27. The van der Waals surface area contributed by atoms with E-state index >= 15 is 0 Å². The number of nitrogens with zero attached hydrogens (tertiary/aromatic N) is 2. The van der Waals surface area contributed by atoms with E-state index in [9.17, 15) is 4.79 Å². The van der Waals surface area contributed by atoms with Crippen LogP contribution in [-0.4, -0.2) is 23.0 Å². The number of oxazole rings is 1. The van der Waals surface area contributed by atoms with Crippen molar-refractivity contribution in [3.8, 4) is 17.2 Å². The zero-order valence-electron chi connectivity index (χ0n) is 14.3. The van der Waals surface area contributed by atoms with Gasteiger partial charge in [-0.3, -0.25) is 4.79 Å².